The third kappa shape index (κ3) is 2.50. The van der Waals surface area contributed by atoms with Crippen LogP contribution in [0.5, 0.6) is 0 Å². The number of hydrogen-bond donors (Lipinski definition) is 1. The zero-order valence-electron chi connectivity index (χ0n) is 9.28. The van der Waals surface area contributed by atoms with Gasteiger partial charge in [0.15, 0.2) is 0 Å². The number of thiazole rings is 1. The summed E-state index contributed by atoms with van der Waals surface area (Å²) >= 11 is 1.40. The number of halogens is 2. The van der Waals surface area contributed by atoms with Gasteiger partial charge < -0.3 is 5.32 Å². The fraction of sp³-hybridized carbons (Fsp3) is 0.250. The molecule has 2 nitrogen and oxygen atoms in total. The molecular formula is C12H12F2N2S. The van der Waals surface area contributed by atoms with Gasteiger partial charge in [-0.25, -0.2) is 13.8 Å². The molecule has 5 heteroatoms. The van der Waals surface area contributed by atoms with E-state index in [-0.39, 0.29) is 5.56 Å². The summed E-state index contributed by atoms with van der Waals surface area (Å²) in [7, 11) is 0. The van der Waals surface area contributed by atoms with Gasteiger partial charge in [-0.15, -0.1) is 11.3 Å². The van der Waals surface area contributed by atoms with Crippen molar-refractivity contribution in [2.24, 2.45) is 0 Å². The molecule has 0 aliphatic rings. The Balaban J connectivity index is 2.46. The van der Waals surface area contributed by atoms with Gasteiger partial charge in [0.2, 0.25) is 0 Å². The lowest BCUT2D eigenvalue weighted by Gasteiger charge is -2.17. The van der Waals surface area contributed by atoms with Crippen molar-refractivity contribution in [3.63, 3.8) is 0 Å². The molecule has 1 aromatic carbocycles. The highest BCUT2D eigenvalue weighted by Crippen LogP contribution is 2.26. The largest absolute Gasteiger partial charge is 0.305 e. The Bertz CT molecular complexity index is 465. The number of nitrogens with one attached hydrogen (secondary N) is 1. The molecule has 0 amide bonds. The van der Waals surface area contributed by atoms with Crippen LogP contribution in [0.2, 0.25) is 0 Å². The second kappa shape index (κ2) is 5.33. The summed E-state index contributed by atoms with van der Waals surface area (Å²) in [4.78, 5) is 4.12. The van der Waals surface area contributed by atoms with E-state index in [0.717, 1.165) is 0 Å². The maximum atomic E-state index is 13.7. The molecule has 0 radical (unpaired) electrons. The number of hydrogen-bond acceptors (Lipinski definition) is 3. The van der Waals surface area contributed by atoms with E-state index in [1.807, 2.05) is 6.92 Å². The van der Waals surface area contributed by atoms with Crippen molar-refractivity contribution in [2.75, 3.05) is 6.54 Å². The van der Waals surface area contributed by atoms with E-state index >= 15 is 0 Å². The molecule has 0 aliphatic heterocycles. The molecule has 1 heterocycles. The number of rotatable bonds is 4. The molecule has 1 unspecified atom stereocenters. The minimum Gasteiger partial charge on any atom is -0.305 e. The van der Waals surface area contributed by atoms with Crippen LogP contribution in [0.1, 0.15) is 24.2 Å². The van der Waals surface area contributed by atoms with E-state index < -0.39 is 17.7 Å². The molecule has 17 heavy (non-hydrogen) atoms. The van der Waals surface area contributed by atoms with Crippen molar-refractivity contribution in [3.05, 3.63) is 52.0 Å². The molecule has 0 spiro atoms. The Hall–Kier alpha value is -1.33. The minimum absolute atomic E-state index is 0.0280. The van der Waals surface area contributed by atoms with Crippen LogP contribution in [0.15, 0.2) is 29.1 Å². The highest BCUT2D eigenvalue weighted by Gasteiger charge is 2.22. The molecule has 1 atom stereocenters. The molecule has 0 aliphatic carbocycles. The molecule has 0 saturated carbocycles. The van der Waals surface area contributed by atoms with Gasteiger partial charge in [-0.05, 0) is 18.7 Å². The van der Waals surface area contributed by atoms with Crippen molar-refractivity contribution in [1.82, 2.24) is 10.3 Å². The molecule has 2 aromatic rings. The lowest BCUT2D eigenvalue weighted by Crippen LogP contribution is -2.24. The van der Waals surface area contributed by atoms with Crippen molar-refractivity contribution in [2.45, 2.75) is 13.0 Å². The van der Waals surface area contributed by atoms with Gasteiger partial charge in [-0.3, -0.25) is 0 Å². The van der Waals surface area contributed by atoms with E-state index in [0.29, 0.717) is 12.2 Å². The van der Waals surface area contributed by atoms with Gasteiger partial charge in [0.1, 0.15) is 11.6 Å². The first-order valence-corrected chi connectivity index (χ1v) is 6.23. The van der Waals surface area contributed by atoms with E-state index in [2.05, 4.69) is 10.3 Å². The predicted molar refractivity (Wildman–Crippen MR) is 64.0 cm³/mol. The van der Waals surface area contributed by atoms with Crippen LogP contribution in [0, 0.1) is 11.6 Å². The van der Waals surface area contributed by atoms with Gasteiger partial charge >= 0.3 is 0 Å². The topological polar surface area (TPSA) is 24.9 Å². The van der Waals surface area contributed by atoms with Gasteiger partial charge in [0.25, 0.3) is 0 Å². The second-order valence-corrected chi connectivity index (χ2v) is 4.26. The highest BCUT2D eigenvalue weighted by molar-refractivity contribution is 7.07. The summed E-state index contributed by atoms with van der Waals surface area (Å²) < 4.78 is 27.4. The van der Waals surface area contributed by atoms with Crippen molar-refractivity contribution in [1.29, 1.82) is 0 Å². The number of aromatic nitrogens is 1. The van der Waals surface area contributed by atoms with Gasteiger partial charge in [-0.1, -0.05) is 13.0 Å². The normalized spacial score (nSPS) is 12.6. The van der Waals surface area contributed by atoms with E-state index in [9.17, 15) is 8.78 Å². The molecular weight excluding hydrogens is 242 g/mol. The van der Waals surface area contributed by atoms with Gasteiger partial charge in [-0.2, -0.15) is 0 Å². The smallest absolute Gasteiger partial charge is 0.131 e. The van der Waals surface area contributed by atoms with Crippen molar-refractivity contribution >= 4 is 11.3 Å². The molecule has 2 rings (SSSR count). The first-order valence-electron chi connectivity index (χ1n) is 5.29. The van der Waals surface area contributed by atoms with Crippen LogP contribution in [0.25, 0.3) is 0 Å². The number of benzene rings is 1. The summed E-state index contributed by atoms with van der Waals surface area (Å²) in [6, 6.07) is 3.34. The molecule has 0 fully saturated rings. The van der Waals surface area contributed by atoms with Gasteiger partial charge in [0.05, 0.1) is 17.2 Å². The second-order valence-electron chi connectivity index (χ2n) is 3.54. The van der Waals surface area contributed by atoms with Crippen molar-refractivity contribution in [3.8, 4) is 0 Å². The summed E-state index contributed by atoms with van der Waals surface area (Å²) in [6.45, 7) is 2.49. The van der Waals surface area contributed by atoms with Crippen molar-refractivity contribution < 1.29 is 8.78 Å². The number of nitrogens with zero attached hydrogens (tertiary/aromatic N) is 1. The average molecular weight is 254 g/mol. The lowest BCUT2D eigenvalue weighted by molar-refractivity contribution is 0.506. The predicted octanol–water partition coefficient (Wildman–Crippen LogP) is 3.12. The first kappa shape index (κ1) is 12.1. The van der Waals surface area contributed by atoms with Crippen LogP contribution in [0.4, 0.5) is 8.78 Å². The van der Waals surface area contributed by atoms with E-state index in [1.165, 1.54) is 29.5 Å². The SMILES string of the molecule is CCNC(c1cscn1)c1c(F)cccc1F. The lowest BCUT2D eigenvalue weighted by atomic mass is 10.0. The van der Waals surface area contributed by atoms with Crippen LogP contribution in [-0.2, 0) is 0 Å². The Kier molecular flexibility index (Phi) is 3.81. The zero-order chi connectivity index (χ0) is 12.3. The third-order valence-electron chi connectivity index (χ3n) is 2.44. The Labute approximate surface area is 102 Å². The fourth-order valence-corrected chi connectivity index (χ4v) is 2.29. The summed E-state index contributed by atoms with van der Waals surface area (Å²) in [5.74, 6) is -1.10. The Morgan fingerprint density at radius 1 is 1.35 bits per heavy atom. The third-order valence-corrected chi connectivity index (χ3v) is 3.05. The van der Waals surface area contributed by atoms with Gasteiger partial charge in [0, 0.05) is 10.9 Å². The Morgan fingerprint density at radius 3 is 2.59 bits per heavy atom. The van der Waals surface area contributed by atoms with Crippen LogP contribution >= 0.6 is 11.3 Å². The maximum absolute atomic E-state index is 13.7. The summed E-state index contributed by atoms with van der Waals surface area (Å²) in [6.07, 6.45) is 0. The average Bonchev–Trinajstić information content (AvgIpc) is 2.80. The summed E-state index contributed by atoms with van der Waals surface area (Å²) in [5, 5.41) is 4.84. The fourth-order valence-electron chi connectivity index (χ4n) is 1.71. The van der Waals surface area contributed by atoms with Crippen LogP contribution in [-0.4, -0.2) is 11.5 Å². The maximum Gasteiger partial charge on any atom is 0.131 e. The standard InChI is InChI=1S/C12H12F2N2S/c1-2-15-12(10-6-17-7-16-10)11-8(13)4-3-5-9(11)14/h3-7,12,15H,2H2,1H3. The molecule has 1 N–H and O–H groups in total. The van der Waals surface area contributed by atoms with E-state index in [1.54, 1.807) is 10.9 Å². The minimum atomic E-state index is -0.552. The molecule has 90 valence electrons. The van der Waals surface area contributed by atoms with E-state index in [4.69, 9.17) is 0 Å². The van der Waals surface area contributed by atoms with Crippen LogP contribution < -0.4 is 5.32 Å². The van der Waals surface area contributed by atoms with Crippen LogP contribution in [0.3, 0.4) is 0 Å². The first-order chi connectivity index (χ1) is 8.24. The summed E-state index contributed by atoms with van der Waals surface area (Å²) in [5.41, 5.74) is 2.32. The molecule has 1 aromatic heterocycles. The zero-order valence-corrected chi connectivity index (χ0v) is 10.1. The Morgan fingerprint density at radius 2 is 2.06 bits per heavy atom. The highest BCUT2D eigenvalue weighted by atomic mass is 32.1. The quantitative estimate of drug-likeness (QED) is 0.906. The monoisotopic (exact) mass is 254 g/mol. The molecule has 0 bridgehead atoms. The molecule has 0 saturated heterocycles.